The van der Waals surface area contributed by atoms with E-state index in [1.54, 1.807) is 18.2 Å². The largest absolute Gasteiger partial charge is 0.494 e. The van der Waals surface area contributed by atoms with Crippen LogP contribution in [0.15, 0.2) is 69.9 Å². The number of benzene rings is 3. The summed E-state index contributed by atoms with van der Waals surface area (Å²) >= 11 is 2.69. The van der Waals surface area contributed by atoms with Crippen LogP contribution in [0.3, 0.4) is 0 Å². The highest BCUT2D eigenvalue weighted by Crippen LogP contribution is 2.40. The molecule has 0 unspecified atom stereocenters. The van der Waals surface area contributed by atoms with Crippen LogP contribution in [0.5, 0.6) is 5.75 Å². The van der Waals surface area contributed by atoms with Gasteiger partial charge in [-0.25, -0.2) is 9.97 Å². The molecule has 1 N–H and O–H groups in total. The second-order valence-electron chi connectivity index (χ2n) is 7.40. The molecule has 0 saturated heterocycles. The average Bonchev–Trinajstić information content (AvgIpc) is 3.46. The Morgan fingerprint density at radius 1 is 1.20 bits per heavy atom. The van der Waals surface area contributed by atoms with E-state index in [2.05, 4.69) is 21.0 Å². The lowest BCUT2D eigenvalue weighted by atomic mass is 10.1. The van der Waals surface area contributed by atoms with Gasteiger partial charge < -0.3 is 9.72 Å². The van der Waals surface area contributed by atoms with Gasteiger partial charge in [-0.1, -0.05) is 30.0 Å². The summed E-state index contributed by atoms with van der Waals surface area (Å²) in [7, 11) is 0. The summed E-state index contributed by atoms with van der Waals surface area (Å²) in [5.41, 5.74) is 3.12. The third-order valence-corrected chi connectivity index (χ3v) is 7.25. The fraction of sp³-hybridized carbons (Fsp3) is 0.0800. The number of hydrogen-bond acceptors (Lipinski definition) is 8. The molecule has 0 spiro atoms. The van der Waals surface area contributed by atoms with Gasteiger partial charge in [0.25, 0.3) is 5.69 Å². The molecule has 10 heteroatoms. The van der Waals surface area contributed by atoms with Crippen LogP contribution in [0.2, 0.25) is 0 Å². The highest BCUT2D eigenvalue weighted by Gasteiger charge is 2.18. The van der Waals surface area contributed by atoms with Crippen molar-refractivity contribution in [1.29, 1.82) is 5.26 Å². The number of aromatic amines is 1. The number of nitro benzene ring substituents is 1. The molecule has 0 aliphatic rings. The van der Waals surface area contributed by atoms with E-state index in [9.17, 15) is 15.4 Å². The first-order valence-corrected chi connectivity index (χ1v) is 12.2. The molecule has 35 heavy (non-hydrogen) atoms. The van der Waals surface area contributed by atoms with Crippen LogP contribution in [0, 0.1) is 21.4 Å². The first kappa shape index (κ1) is 22.6. The molecule has 0 saturated carbocycles. The van der Waals surface area contributed by atoms with Crippen LogP contribution in [0.1, 0.15) is 18.3 Å². The van der Waals surface area contributed by atoms with Crippen molar-refractivity contribution in [3.63, 3.8) is 0 Å². The summed E-state index contributed by atoms with van der Waals surface area (Å²) in [6.07, 6.45) is 1.59. The van der Waals surface area contributed by atoms with Gasteiger partial charge in [-0.2, -0.15) is 5.26 Å². The lowest BCUT2D eigenvalue weighted by Crippen LogP contribution is -1.92. The lowest BCUT2D eigenvalue weighted by Gasteiger charge is -2.02. The highest BCUT2D eigenvalue weighted by atomic mass is 32.2. The molecule has 0 fully saturated rings. The number of nitrogens with zero attached hydrogens (tertiary/aromatic N) is 4. The van der Waals surface area contributed by atoms with E-state index in [1.807, 2.05) is 49.4 Å². The maximum atomic E-state index is 11.9. The second-order valence-corrected chi connectivity index (χ2v) is 9.72. The third-order valence-electron chi connectivity index (χ3n) is 5.10. The summed E-state index contributed by atoms with van der Waals surface area (Å²) in [6.45, 7) is 2.50. The van der Waals surface area contributed by atoms with Gasteiger partial charge in [0.15, 0.2) is 4.34 Å². The number of rotatable bonds is 7. The molecule has 2 heterocycles. The summed E-state index contributed by atoms with van der Waals surface area (Å²) < 4.78 is 7.19. The predicted octanol–water partition coefficient (Wildman–Crippen LogP) is 6.69. The molecular weight excluding hydrogens is 482 g/mol. The summed E-state index contributed by atoms with van der Waals surface area (Å²) in [5, 5.41) is 21.5. The molecule has 172 valence electrons. The first-order valence-electron chi connectivity index (χ1n) is 10.6. The Bertz CT molecular complexity index is 1620. The maximum absolute atomic E-state index is 11.9. The van der Waals surface area contributed by atoms with E-state index in [0.29, 0.717) is 27.2 Å². The van der Waals surface area contributed by atoms with Crippen LogP contribution in [-0.4, -0.2) is 26.5 Å². The topological polar surface area (TPSA) is 118 Å². The molecule has 0 radical (unpaired) electrons. The average molecular weight is 500 g/mol. The number of nitrogens with one attached hydrogen (secondary N) is 1. The Morgan fingerprint density at radius 2 is 2.06 bits per heavy atom. The van der Waals surface area contributed by atoms with E-state index < -0.39 is 4.92 Å². The Labute approximate surface area is 208 Å². The van der Waals surface area contributed by atoms with Crippen LogP contribution in [0.25, 0.3) is 32.9 Å². The molecule has 0 aliphatic carbocycles. The molecule has 0 amide bonds. The van der Waals surface area contributed by atoms with Crippen molar-refractivity contribution in [2.45, 2.75) is 16.2 Å². The van der Waals surface area contributed by atoms with Gasteiger partial charge in [-0.05, 0) is 55.0 Å². The monoisotopic (exact) mass is 499 g/mol. The molecule has 0 atom stereocenters. The van der Waals surface area contributed by atoms with E-state index in [0.717, 1.165) is 27.0 Å². The zero-order chi connectivity index (χ0) is 24.4. The van der Waals surface area contributed by atoms with Gasteiger partial charge in [-0.3, -0.25) is 10.1 Å². The van der Waals surface area contributed by atoms with Crippen molar-refractivity contribution in [1.82, 2.24) is 15.0 Å². The van der Waals surface area contributed by atoms with Gasteiger partial charge in [0.2, 0.25) is 0 Å². The molecule has 0 aliphatic heterocycles. The van der Waals surface area contributed by atoms with E-state index >= 15 is 0 Å². The number of nitriles is 1. The summed E-state index contributed by atoms with van der Waals surface area (Å²) in [4.78, 5) is 24.1. The number of imidazole rings is 1. The predicted molar refractivity (Wildman–Crippen MR) is 138 cm³/mol. The zero-order valence-electron chi connectivity index (χ0n) is 18.4. The minimum absolute atomic E-state index is 0.0556. The van der Waals surface area contributed by atoms with Crippen LogP contribution in [-0.2, 0) is 0 Å². The van der Waals surface area contributed by atoms with Crippen LogP contribution < -0.4 is 4.74 Å². The number of thiazole rings is 1. The van der Waals surface area contributed by atoms with E-state index in [-0.39, 0.29) is 11.3 Å². The normalized spacial score (nSPS) is 11.6. The Kier molecular flexibility index (Phi) is 6.18. The number of aromatic nitrogens is 3. The summed E-state index contributed by atoms with van der Waals surface area (Å²) in [6, 6.07) is 20.1. The molecule has 5 rings (SSSR count). The van der Waals surface area contributed by atoms with Gasteiger partial charge in [-0.15, -0.1) is 11.3 Å². The number of H-pyrrole nitrogens is 1. The van der Waals surface area contributed by atoms with Crippen molar-refractivity contribution < 1.29 is 9.66 Å². The second kappa shape index (κ2) is 9.58. The SMILES string of the molecule is CCOc1ccc2nc(Sc3ccc(/C=C(\C#N)c4nc5ccccc5[nH]4)cc3[N+](=O)[O-])sc2c1. The molecule has 8 nitrogen and oxygen atoms in total. The first-order chi connectivity index (χ1) is 17.0. The molecular formula is C25H17N5O3S2. The highest BCUT2D eigenvalue weighted by molar-refractivity contribution is 8.01. The number of ether oxygens (including phenoxy) is 1. The quantitative estimate of drug-likeness (QED) is 0.150. The summed E-state index contributed by atoms with van der Waals surface area (Å²) in [5.74, 6) is 1.18. The lowest BCUT2D eigenvalue weighted by molar-refractivity contribution is -0.387. The van der Waals surface area contributed by atoms with Gasteiger partial charge in [0.1, 0.15) is 17.6 Å². The smallest absolute Gasteiger partial charge is 0.283 e. The maximum Gasteiger partial charge on any atom is 0.283 e. The zero-order valence-corrected chi connectivity index (χ0v) is 20.0. The number of para-hydroxylation sites is 2. The van der Waals surface area contributed by atoms with E-state index in [1.165, 1.54) is 29.2 Å². The van der Waals surface area contributed by atoms with Crippen molar-refractivity contribution in [3.05, 3.63) is 82.2 Å². The minimum Gasteiger partial charge on any atom is -0.494 e. The fourth-order valence-corrected chi connectivity index (χ4v) is 5.67. The van der Waals surface area contributed by atoms with Crippen molar-refractivity contribution in [3.8, 4) is 11.8 Å². The number of nitro groups is 1. The fourth-order valence-electron chi connectivity index (χ4n) is 3.53. The van der Waals surface area contributed by atoms with Crippen LogP contribution >= 0.6 is 23.1 Å². The van der Waals surface area contributed by atoms with E-state index in [4.69, 9.17) is 4.74 Å². The Balaban J connectivity index is 1.46. The Morgan fingerprint density at radius 3 is 2.83 bits per heavy atom. The van der Waals surface area contributed by atoms with Crippen LogP contribution in [0.4, 0.5) is 5.69 Å². The standard InChI is InChI=1S/C25H17N5O3S2/c1-2-33-17-8-9-20-23(13-17)35-25(29-20)34-22-10-7-15(12-21(22)30(31)32)11-16(14-26)24-27-18-5-3-4-6-19(18)28-24/h3-13H,2H2,1H3,(H,27,28)/b16-11+. The van der Waals surface area contributed by atoms with Gasteiger partial charge in [0, 0.05) is 6.07 Å². The Hall–Kier alpha value is -4.20. The van der Waals surface area contributed by atoms with Crippen molar-refractivity contribution >= 4 is 61.7 Å². The number of allylic oxidation sites excluding steroid dienone is 1. The molecule has 3 aromatic carbocycles. The number of fused-ring (bicyclic) bond motifs is 2. The van der Waals surface area contributed by atoms with Gasteiger partial charge >= 0.3 is 0 Å². The molecule has 2 aromatic heterocycles. The molecule has 0 bridgehead atoms. The number of hydrogen-bond donors (Lipinski definition) is 1. The third kappa shape index (κ3) is 4.73. The van der Waals surface area contributed by atoms with Crippen molar-refractivity contribution in [2.24, 2.45) is 0 Å². The molecule has 5 aromatic rings. The van der Waals surface area contributed by atoms with Crippen molar-refractivity contribution in [2.75, 3.05) is 6.61 Å². The minimum atomic E-state index is -0.423. The van der Waals surface area contributed by atoms with Gasteiger partial charge in [0.05, 0.1) is 43.2 Å².